The van der Waals surface area contributed by atoms with Gasteiger partial charge in [-0.25, -0.2) is 23.0 Å². The van der Waals surface area contributed by atoms with E-state index in [1.807, 2.05) is 63.3 Å². The van der Waals surface area contributed by atoms with Crippen LogP contribution in [0.4, 0.5) is 8.78 Å². The topological polar surface area (TPSA) is 227 Å². The summed E-state index contributed by atoms with van der Waals surface area (Å²) in [5, 5.41) is 26.4. The number of aromatic amines is 2. The first-order valence-corrected chi connectivity index (χ1v) is 22.6. The fraction of sp³-hybridized carbons (Fsp3) is 0.684. The molecule has 4 unspecified atom stereocenters. The van der Waals surface area contributed by atoms with Crippen LogP contribution in [-0.4, -0.2) is 90.9 Å². The van der Waals surface area contributed by atoms with Crippen LogP contribution >= 0.6 is 27.9 Å². The molecule has 4 rings (SSSR count). The van der Waals surface area contributed by atoms with E-state index in [1.165, 1.54) is 18.5 Å². The van der Waals surface area contributed by atoms with Crippen molar-refractivity contribution in [2.24, 2.45) is 0 Å². The molecular weight excluding hydrogens is 909 g/mol. The van der Waals surface area contributed by atoms with Crippen LogP contribution in [-0.2, 0) is 39.5 Å². The molecule has 17 nitrogen and oxygen atoms in total. The van der Waals surface area contributed by atoms with Crippen LogP contribution in [0.25, 0.3) is 0 Å². The van der Waals surface area contributed by atoms with Crippen molar-refractivity contribution in [2.45, 2.75) is 155 Å². The number of aliphatic hydroxyl groups is 1. The number of nitriles is 2. The van der Waals surface area contributed by atoms with Gasteiger partial charge in [0.15, 0.2) is 24.8 Å². The third-order valence-electron chi connectivity index (χ3n) is 7.85. The number of H-pyrrole nitrogens is 2. The maximum Gasteiger partial charge on any atom is 2.00 e. The van der Waals surface area contributed by atoms with Gasteiger partial charge >= 0.3 is 27.9 Å². The van der Waals surface area contributed by atoms with E-state index >= 15 is 4.39 Å². The Hall–Kier alpha value is -2.44. The summed E-state index contributed by atoms with van der Waals surface area (Å²) in [6.45, 7) is 23.0. The van der Waals surface area contributed by atoms with Crippen molar-refractivity contribution in [1.82, 2.24) is 23.8 Å². The minimum absolute atomic E-state index is 0. The van der Waals surface area contributed by atoms with Gasteiger partial charge in [-0.3, -0.25) is 28.7 Å². The molecule has 2 fully saturated rings. The Balaban J connectivity index is 0. The fourth-order valence-corrected chi connectivity index (χ4v) is 7.55. The van der Waals surface area contributed by atoms with Crippen molar-refractivity contribution < 1.29 is 53.4 Å². The van der Waals surface area contributed by atoms with Gasteiger partial charge in [0.2, 0.25) is 0 Å². The molecule has 0 amide bonds. The van der Waals surface area contributed by atoms with Gasteiger partial charge in [0.05, 0.1) is 50.4 Å². The number of hydrogen-bond acceptors (Lipinski definition) is 13. The zero-order valence-corrected chi connectivity index (χ0v) is 39.5. The van der Waals surface area contributed by atoms with Gasteiger partial charge in [0.25, 0.3) is 19.6 Å². The largest absolute Gasteiger partial charge is 2.00 e. The molecule has 2 aliphatic rings. The summed E-state index contributed by atoms with van der Waals surface area (Å²) in [7, 11) is -1.75. The number of rotatable bonds is 15. The first kappa shape index (κ1) is 60.7. The smallest absolute Gasteiger partial charge is 0.385 e. The number of nitrogens with one attached hydrogen (secondary N) is 2. The van der Waals surface area contributed by atoms with E-state index in [0.717, 1.165) is 28.0 Å². The Bertz CT molecular complexity index is 1790. The molecule has 61 heavy (non-hydrogen) atoms. The fourth-order valence-electron chi connectivity index (χ4n) is 5.41. The average Bonchev–Trinajstić information content (AvgIpc) is 3.65. The summed E-state index contributed by atoms with van der Waals surface area (Å²) < 4.78 is 60.6. The van der Waals surface area contributed by atoms with E-state index in [9.17, 15) is 28.7 Å². The van der Waals surface area contributed by atoms with E-state index in [1.54, 1.807) is 13.8 Å². The molecule has 2 aliphatic heterocycles. The number of hydrogen-bond donors (Lipinski definition) is 3. The summed E-state index contributed by atoms with van der Waals surface area (Å²) in [5.41, 5.74) is -2.54. The minimum atomic E-state index is -1.73. The number of ether oxygens (including phenoxy) is 2. The van der Waals surface area contributed by atoms with Crippen molar-refractivity contribution >= 4 is 27.9 Å². The molecule has 0 bridgehead atoms. The van der Waals surface area contributed by atoms with Crippen molar-refractivity contribution in [1.29, 1.82) is 10.5 Å². The van der Waals surface area contributed by atoms with E-state index in [4.69, 9.17) is 40.3 Å². The van der Waals surface area contributed by atoms with E-state index in [0.29, 0.717) is 25.9 Å². The monoisotopic (exact) mass is 969 g/mol. The summed E-state index contributed by atoms with van der Waals surface area (Å²) >= 11 is 5.13. The first-order valence-electron chi connectivity index (χ1n) is 19.6. The van der Waals surface area contributed by atoms with Crippen molar-refractivity contribution in [3.05, 3.63) is 80.1 Å². The maximum atomic E-state index is 15.3. The third-order valence-corrected chi connectivity index (χ3v) is 10.6. The molecule has 2 saturated heterocycles. The van der Waals surface area contributed by atoms with E-state index in [-0.39, 0.29) is 49.8 Å². The molecule has 2 aromatic rings. The summed E-state index contributed by atoms with van der Waals surface area (Å²) in [6.07, 6.45) is -3.38. The van der Waals surface area contributed by atoms with Crippen molar-refractivity contribution in [3.63, 3.8) is 0 Å². The average molecular weight is 971 g/mol. The van der Waals surface area contributed by atoms with Crippen LogP contribution in [0.5, 0.6) is 0 Å². The number of aliphatic hydroxyl groups excluding tert-OH is 1. The minimum Gasteiger partial charge on any atom is -0.385 e. The second kappa shape index (κ2) is 34.0. The Labute approximate surface area is 375 Å². The molecule has 0 aromatic carbocycles. The standard InChI is InChI=1S/C19H30FN4O5P.C10H13FN2O4.C3H5ClNOP.2C3H7.Ni/c1-6-14-16(20)17(18(28-14)23-10-8-15(25)22-19(23)26)29-30(27-11-7-9-21)24(12(2)3)13(4)5;1-2-5-7(11)8(15)9(17-5)13-4-3-6(14)12-10(13)16;4-7-6-3-1-2-5;2*1-3-2;/h8,10,12-14,16-18H,6-7,11H2,1-5H3,(H,22,25,26);3-5,7-9,15H,2H2,1H3,(H,12,14,16);7H,1,3H2;2*1,3H2,2H3;/q;;;2*-1;+2/t14-,16?,17+,18-,30?;5-,7?,8+,9-;;;;/m11..../s1. The predicted octanol–water partition coefficient (Wildman–Crippen LogP) is 6.51. The number of halogens is 3. The second-order valence-electron chi connectivity index (χ2n) is 13.3. The molecule has 23 heteroatoms. The van der Waals surface area contributed by atoms with Crippen LogP contribution in [0.2, 0.25) is 0 Å². The summed E-state index contributed by atoms with van der Waals surface area (Å²) in [5.74, 6) is 0. The van der Waals surface area contributed by atoms with Gasteiger partial charge in [0, 0.05) is 36.6 Å². The van der Waals surface area contributed by atoms with E-state index in [2.05, 4.69) is 23.4 Å². The number of alkyl halides is 2. The van der Waals surface area contributed by atoms with Crippen LogP contribution < -0.4 is 22.5 Å². The molecule has 0 aliphatic carbocycles. The SMILES string of the molecule is CC[C@H]1O[C@@H](n2ccc(=O)[nH]c2=O)[C@@H](O)C1F.CC[C@H]1O[C@@H](n2ccc(=O)[nH]c2=O)[C@@H](OP(OCCC#N)N(C(C)C)C(C)C)C1F.N#CCCOPCl.[CH2-]CC.[CH2-]CC.[Ni+2]. The number of nitrogens with zero attached hydrogens (tertiary/aromatic N) is 5. The van der Waals surface area contributed by atoms with Gasteiger partial charge < -0.3 is 42.0 Å². The predicted molar refractivity (Wildman–Crippen MR) is 229 cm³/mol. The molecule has 350 valence electrons. The third kappa shape index (κ3) is 20.7. The molecule has 2 aromatic heterocycles. The van der Waals surface area contributed by atoms with Gasteiger partial charge in [-0.05, 0) is 40.5 Å². The number of aromatic nitrogens is 4. The van der Waals surface area contributed by atoms with Crippen LogP contribution in [0.15, 0.2) is 43.7 Å². The second-order valence-corrected chi connectivity index (χ2v) is 15.6. The normalized spacial score (nSPS) is 23.3. The summed E-state index contributed by atoms with van der Waals surface area (Å²) in [4.78, 5) is 50.2. The summed E-state index contributed by atoms with van der Waals surface area (Å²) in [6, 6.07) is 6.31. The maximum absolute atomic E-state index is 15.3. The van der Waals surface area contributed by atoms with Gasteiger partial charge in [-0.1, -0.05) is 38.9 Å². The molecule has 0 spiro atoms. The van der Waals surface area contributed by atoms with E-state index < -0.39 is 80.2 Å². The molecule has 3 N–H and O–H groups in total. The Morgan fingerprint density at radius 1 is 0.869 bits per heavy atom. The van der Waals surface area contributed by atoms with Crippen LogP contribution in [0.1, 0.15) is 106 Å². The quantitative estimate of drug-likeness (QED) is 0.0750. The molecule has 0 saturated carbocycles. The first-order chi connectivity index (χ1) is 28.5. The molecule has 4 heterocycles. The van der Waals surface area contributed by atoms with Gasteiger partial charge in [-0.2, -0.15) is 23.4 Å². The Morgan fingerprint density at radius 2 is 1.30 bits per heavy atom. The van der Waals surface area contributed by atoms with Crippen LogP contribution in [0.3, 0.4) is 0 Å². The van der Waals surface area contributed by atoms with Gasteiger partial charge in [0.1, 0.15) is 20.4 Å². The molecule has 10 atom stereocenters. The van der Waals surface area contributed by atoms with Crippen molar-refractivity contribution in [3.8, 4) is 12.1 Å². The Morgan fingerprint density at radius 3 is 1.69 bits per heavy atom. The van der Waals surface area contributed by atoms with Crippen LogP contribution in [0, 0.1) is 36.5 Å². The van der Waals surface area contributed by atoms with Gasteiger partial charge in [-0.15, -0.1) is 0 Å². The molecule has 0 radical (unpaired) electrons. The zero-order valence-electron chi connectivity index (χ0n) is 35.9. The zero-order chi connectivity index (χ0) is 45.9. The molecular formula is C38H62ClF2N7NiO10P2. The van der Waals surface area contributed by atoms with Crippen molar-refractivity contribution in [2.75, 3.05) is 13.2 Å². The Kier molecular flexibility index (Phi) is 33.8.